The van der Waals surface area contributed by atoms with E-state index in [0.29, 0.717) is 10.9 Å². The highest BCUT2D eigenvalue weighted by Crippen LogP contribution is 2.13. The molecule has 0 heterocycles. The summed E-state index contributed by atoms with van der Waals surface area (Å²) in [5.74, 6) is -0.0625. The van der Waals surface area contributed by atoms with Crippen molar-refractivity contribution < 1.29 is 10.2 Å². The van der Waals surface area contributed by atoms with Crippen LogP contribution in [0.5, 0.6) is 0 Å². The lowest BCUT2D eigenvalue weighted by Gasteiger charge is -2.01. The number of hydrogen-bond acceptors (Lipinski definition) is 2. The van der Waals surface area contributed by atoms with E-state index in [2.05, 4.69) is 22.5 Å². The van der Waals surface area contributed by atoms with Gasteiger partial charge in [-0.3, -0.25) is 0 Å². The van der Waals surface area contributed by atoms with E-state index >= 15 is 0 Å². The van der Waals surface area contributed by atoms with Crippen LogP contribution in [0.4, 0.5) is 0 Å². The topological polar surface area (TPSA) is 40.5 Å². The van der Waals surface area contributed by atoms with Crippen molar-refractivity contribution >= 4 is 15.9 Å². The van der Waals surface area contributed by atoms with E-state index in [1.807, 2.05) is 6.92 Å². The van der Waals surface area contributed by atoms with Gasteiger partial charge in [0.05, 0.1) is 10.6 Å². The standard InChI is InChI=1S/C7H11BrO2/c1-3-6(10)4-7(8)5(2)9/h4,6,9-10H,2-3H2,1H3/b7-4+. The molecule has 0 bridgehead atoms. The van der Waals surface area contributed by atoms with Crippen LogP contribution in [0.25, 0.3) is 0 Å². The van der Waals surface area contributed by atoms with E-state index < -0.39 is 6.10 Å². The van der Waals surface area contributed by atoms with Crippen LogP contribution >= 0.6 is 15.9 Å². The van der Waals surface area contributed by atoms with Crippen molar-refractivity contribution in [3.05, 3.63) is 22.9 Å². The third-order valence-corrected chi connectivity index (χ3v) is 1.75. The Labute approximate surface area is 69.0 Å². The van der Waals surface area contributed by atoms with E-state index in [-0.39, 0.29) is 5.76 Å². The molecule has 0 spiro atoms. The van der Waals surface area contributed by atoms with Crippen molar-refractivity contribution in [2.75, 3.05) is 0 Å². The minimum absolute atomic E-state index is 0.0625. The zero-order valence-electron chi connectivity index (χ0n) is 5.84. The van der Waals surface area contributed by atoms with Crippen molar-refractivity contribution in [3.63, 3.8) is 0 Å². The molecule has 0 radical (unpaired) electrons. The molecule has 0 saturated carbocycles. The van der Waals surface area contributed by atoms with Gasteiger partial charge < -0.3 is 10.2 Å². The maximum absolute atomic E-state index is 9.02. The second-order valence-corrected chi connectivity index (χ2v) is 2.79. The fourth-order valence-electron chi connectivity index (χ4n) is 0.383. The van der Waals surface area contributed by atoms with E-state index in [0.717, 1.165) is 0 Å². The van der Waals surface area contributed by atoms with Crippen LogP contribution in [0, 0.1) is 0 Å². The van der Waals surface area contributed by atoms with Gasteiger partial charge in [-0.15, -0.1) is 0 Å². The molecular formula is C7H11BrO2. The van der Waals surface area contributed by atoms with Gasteiger partial charge >= 0.3 is 0 Å². The molecule has 0 fully saturated rings. The van der Waals surface area contributed by atoms with Gasteiger partial charge in [-0.1, -0.05) is 13.5 Å². The van der Waals surface area contributed by atoms with Gasteiger partial charge in [-0.25, -0.2) is 0 Å². The first-order valence-electron chi connectivity index (χ1n) is 3.01. The number of hydrogen-bond donors (Lipinski definition) is 2. The average Bonchev–Trinajstić information content (AvgIpc) is 1.87. The Balaban J connectivity index is 4.02. The van der Waals surface area contributed by atoms with Gasteiger partial charge in [0.15, 0.2) is 0 Å². The summed E-state index contributed by atoms with van der Waals surface area (Å²) < 4.78 is 0.446. The quantitative estimate of drug-likeness (QED) is 0.549. The molecule has 0 aromatic rings. The maximum Gasteiger partial charge on any atom is 0.122 e. The van der Waals surface area contributed by atoms with Gasteiger partial charge in [0.1, 0.15) is 5.76 Å². The normalized spacial score (nSPS) is 14.9. The third-order valence-electron chi connectivity index (χ3n) is 1.03. The molecule has 0 aliphatic heterocycles. The van der Waals surface area contributed by atoms with Gasteiger partial charge in [0, 0.05) is 0 Å². The van der Waals surface area contributed by atoms with Crippen LogP contribution in [0.2, 0.25) is 0 Å². The molecule has 0 aliphatic rings. The predicted molar refractivity (Wildman–Crippen MR) is 45.1 cm³/mol. The molecule has 3 heteroatoms. The molecule has 2 N–H and O–H groups in total. The first-order valence-corrected chi connectivity index (χ1v) is 3.80. The lowest BCUT2D eigenvalue weighted by atomic mass is 10.2. The number of aliphatic hydroxyl groups excluding tert-OH is 2. The van der Waals surface area contributed by atoms with E-state index in [9.17, 15) is 0 Å². The van der Waals surface area contributed by atoms with Crippen LogP contribution < -0.4 is 0 Å². The summed E-state index contributed by atoms with van der Waals surface area (Å²) in [7, 11) is 0. The van der Waals surface area contributed by atoms with Gasteiger partial charge in [-0.2, -0.15) is 0 Å². The van der Waals surface area contributed by atoms with Crippen molar-refractivity contribution in [2.24, 2.45) is 0 Å². The number of aliphatic hydroxyl groups is 2. The summed E-state index contributed by atoms with van der Waals surface area (Å²) in [4.78, 5) is 0. The number of rotatable bonds is 3. The number of halogens is 1. The molecular weight excluding hydrogens is 196 g/mol. The zero-order valence-corrected chi connectivity index (χ0v) is 7.43. The molecule has 0 rings (SSSR count). The van der Waals surface area contributed by atoms with Crippen molar-refractivity contribution in [1.29, 1.82) is 0 Å². The first-order chi connectivity index (χ1) is 4.57. The molecule has 2 nitrogen and oxygen atoms in total. The van der Waals surface area contributed by atoms with Crippen molar-refractivity contribution in [1.82, 2.24) is 0 Å². The Morgan fingerprint density at radius 2 is 2.30 bits per heavy atom. The highest BCUT2D eigenvalue weighted by Gasteiger charge is 1.99. The average molecular weight is 207 g/mol. The second kappa shape index (κ2) is 4.52. The molecule has 10 heavy (non-hydrogen) atoms. The summed E-state index contributed by atoms with van der Waals surface area (Å²) in [6.45, 7) is 5.12. The van der Waals surface area contributed by atoms with Crippen LogP contribution in [0.3, 0.4) is 0 Å². The first kappa shape index (κ1) is 9.72. The van der Waals surface area contributed by atoms with Gasteiger partial charge in [-0.05, 0) is 28.4 Å². The highest BCUT2D eigenvalue weighted by molar-refractivity contribution is 9.11. The number of allylic oxidation sites excluding steroid dienone is 1. The van der Waals surface area contributed by atoms with E-state index in [4.69, 9.17) is 10.2 Å². The molecule has 0 aliphatic carbocycles. The lowest BCUT2D eigenvalue weighted by Crippen LogP contribution is -1.99. The lowest BCUT2D eigenvalue weighted by molar-refractivity contribution is 0.218. The largest absolute Gasteiger partial charge is 0.507 e. The molecule has 0 saturated heterocycles. The smallest absolute Gasteiger partial charge is 0.122 e. The fourth-order valence-corrected chi connectivity index (χ4v) is 0.688. The van der Waals surface area contributed by atoms with Crippen LogP contribution in [0.15, 0.2) is 22.9 Å². The Kier molecular flexibility index (Phi) is 4.40. The molecule has 0 aromatic heterocycles. The Morgan fingerprint density at radius 1 is 1.80 bits per heavy atom. The molecule has 1 unspecified atom stereocenters. The zero-order chi connectivity index (χ0) is 8.15. The summed E-state index contributed by atoms with van der Waals surface area (Å²) >= 11 is 3.04. The Bertz CT molecular complexity index is 152. The van der Waals surface area contributed by atoms with Crippen molar-refractivity contribution in [2.45, 2.75) is 19.4 Å². The van der Waals surface area contributed by atoms with E-state index in [1.165, 1.54) is 6.08 Å². The van der Waals surface area contributed by atoms with Gasteiger partial charge in [0.2, 0.25) is 0 Å². The molecule has 1 atom stereocenters. The summed E-state index contributed by atoms with van der Waals surface area (Å²) in [6, 6.07) is 0. The third kappa shape index (κ3) is 3.69. The monoisotopic (exact) mass is 206 g/mol. The minimum Gasteiger partial charge on any atom is -0.507 e. The van der Waals surface area contributed by atoms with Crippen LogP contribution in [-0.2, 0) is 0 Å². The molecule has 58 valence electrons. The minimum atomic E-state index is -0.515. The second-order valence-electron chi connectivity index (χ2n) is 1.94. The SMILES string of the molecule is C=C(O)/C(Br)=C\C(O)CC. The molecule has 0 aromatic carbocycles. The maximum atomic E-state index is 9.02. The summed E-state index contributed by atoms with van der Waals surface area (Å²) in [5.41, 5.74) is 0. The summed E-state index contributed by atoms with van der Waals surface area (Å²) in [5, 5.41) is 17.8. The molecule has 0 amide bonds. The van der Waals surface area contributed by atoms with Crippen LogP contribution in [0.1, 0.15) is 13.3 Å². The summed E-state index contributed by atoms with van der Waals surface area (Å²) in [6.07, 6.45) is 1.61. The Morgan fingerprint density at radius 3 is 2.60 bits per heavy atom. The van der Waals surface area contributed by atoms with Gasteiger partial charge in [0.25, 0.3) is 0 Å². The van der Waals surface area contributed by atoms with Crippen molar-refractivity contribution in [3.8, 4) is 0 Å². The predicted octanol–water partition coefficient (Wildman–Crippen LogP) is 2.11. The van der Waals surface area contributed by atoms with E-state index in [1.54, 1.807) is 0 Å². The van der Waals surface area contributed by atoms with Crippen LogP contribution in [-0.4, -0.2) is 16.3 Å². The highest BCUT2D eigenvalue weighted by atomic mass is 79.9. The fraction of sp³-hybridized carbons (Fsp3) is 0.429. The Hall–Kier alpha value is -0.280.